The summed E-state index contributed by atoms with van der Waals surface area (Å²) in [5.74, 6) is -0.641. The lowest BCUT2D eigenvalue weighted by atomic mass is 9.86. The van der Waals surface area contributed by atoms with Crippen LogP contribution in [0.15, 0.2) is 12.1 Å². The van der Waals surface area contributed by atoms with Gasteiger partial charge in [0.25, 0.3) is 0 Å². The maximum absolute atomic E-state index is 13.9. The van der Waals surface area contributed by atoms with Crippen molar-refractivity contribution in [1.82, 2.24) is 0 Å². The Morgan fingerprint density at radius 1 is 1.32 bits per heavy atom. The van der Waals surface area contributed by atoms with Crippen molar-refractivity contribution < 1.29 is 9.18 Å². The lowest BCUT2D eigenvalue weighted by Gasteiger charge is -2.22. The summed E-state index contributed by atoms with van der Waals surface area (Å²) >= 11 is 0. The number of hydrogen-bond acceptors (Lipinski definition) is 2. The molecule has 1 aromatic carbocycles. The first-order chi connectivity index (χ1) is 8.60. The minimum Gasteiger partial charge on any atom is -0.327 e. The van der Waals surface area contributed by atoms with E-state index in [0.29, 0.717) is 5.56 Å². The Kier molecular flexibility index (Phi) is 4.86. The van der Waals surface area contributed by atoms with Crippen LogP contribution in [0.5, 0.6) is 0 Å². The molecule has 1 rings (SSSR count). The fourth-order valence-electron chi connectivity index (χ4n) is 2.47. The largest absolute Gasteiger partial charge is 0.327 e. The Morgan fingerprint density at radius 2 is 1.89 bits per heavy atom. The molecule has 0 bridgehead atoms. The summed E-state index contributed by atoms with van der Waals surface area (Å²) in [4.78, 5) is 12.2. The van der Waals surface area contributed by atoms with Crippen LogP contribution in [0.4, 0.5) is 4.39 Å². The molecule has 0 radical (unpaired) electrons. The van der Waals surface area contributed by atoms with Gasteiger partial charge in [-0.3, -0.25) is 4.79 Å². The van der Waals surface area contributed by atoms with Gasteiger partial charge in [0.1, 0.15) is 5.82 Å². The molecule has 0 heterocycles. The third-order valence-corrected chi connectivity index (χ3v) is 3.03. The quantitative estimate of drug-likeness (QED) is 0.842. The molecule has 0 fully saturated rings. The molecule has 19 heavy (non-hydrogen) atoms. The van der Waals surface area contributed by atoms with Crippen LogP contribution >= 0.6 is 0 Å². The molecular weight excluding hydrogens is 241 g/mol. The predicted molar refractivity (Wildman–Crippen MR) is 76.9 cm³/mol. The summed E-state index contributed by atoms with van der Waals surface area (Å²) in [7, 11) is 0. The van der Waals surface area contributed by atoms with Crippen LogP contribution in [0.3, 0.4) is 0 Å². The summed E-state index contributed by atoms with van der Waals surface area (Å²) < 4.78 is 13.9. The smallest absolute Gasteiger partial charge is 0.167 e. The average Bonchev–Trinajstić information content (AvgIpc) is 2.10. The van der Waals surface area contributed by atoms with Gasteiger partial charge in [0.2, 0.25) is 0 Å². The zero-order valence-electron chi connectivity index (χ0n) is 12.5. The van der Waals surface area contributed by atoms with Gasteiger partial charge in [-0.15, -0.1) is 0 Å². The number of nitrogens with two attached hydrogens (primary N) is 1. The highest BCUT2D eigenvalue weighted by Crippen LogP contribution is 2.23. The van der Waals surface area contributed by atoms with E-state index in [4.69, 9.17) is 5.73 Å². The summed E-state index contributed by atoms with van der Waals surface area (Å²) in [5.41, 5.74) is 7.75. The van der Waals surface area contributed by atoms with E-state index >= 15 is 0 Å². The first kappa shape index (κ1) is 15.8. The van der Waals surface area contributed by atoms with Crippen molar-refractivity contribution in [3.8, 4) is 0 Å². The summed E-state index contributed by atoms with van der Waals surface area (Å²) in [6.45, 7) is 9.81. The standard InChI is InChI=1S/C16H24FNO/c1-10-6-11(2)15(13(17)7-10)14(19)8-12(18)9-16(3,4)5/h6-7,12H,8-9,18H2,1-5H3. The van der Waals surface area contributed by atoms with Crippen molar-refractivity contribution in [3.05, 3.63) is 34.6 Å². The maximum Gasteiger partial charge on any atom is 0.167 e. The van der Waals surface area contributed by atoms with E-state index in [1.54, 1.807) is 6.92 Å². The Morgan fingerprint density at radius 3 is 2.37 bits per heavy atom. The van der Waals surface area contributed by atoms with Crippen molar-refractivity contribution >= 4 is 5.78 Å². The van der Waals surface area contributed by atoms with Crippen LogP contribution in [0, 0.1) is 25.1 Å². The highest BCUT2D eigenvalue weighted by molar-refractivity contribution is 5.98. The normalized spacial score (nSPS) is 13.4. The molecule has 3 heteroatoms. The summed E-state index contributed by atoms with van der Waals surface area (Å²) in [5, 5.41) is 0. The number of carbonyl (C=O) groups excluding carboxylic acids is 1. The minimum atomic E-state index is -0.439. The van der Waals surface area contributed by atoms with Gasteiger partial charge in [0.05, 0.1) is 5.56 Å². The second-order valence-electron chi connectivity index (χ2n) is 6.59. The second-order valence-corrected chi connectivity index (χ2v) is 6.59. The molecule has 2 nitrogen and oxygen atoms in total. The lowest BCUT2D eigenvalue weighted by Crippen LogP contribution is -2.29. The monoisotopic (exact) mass is 265 g/mol. The molecule has 106 valence electrons. The third kappa shape index (κ3) is 4.75. The molecule has 0 aliphatic rings. The molecule has 0 aromatic heterocycles. The molecule has 0 aliphatic heterocycles. The zero-order valence-corrected chi connectivity index (χ0v) is 12.5. The van der Waals surface area contributed by atoms with Crippen molar-refractivity contribution in [3.63, 3.8) is 0 Å². The number of Topliss-reactive ketones (excluding diaryl/α,β-unsaturated/α-hetero) is 1. The second kappa shape index (κ2) is 5.83. The van der Waals surface area contributed by atoms with Crippen molar-refractivity contribution in [1.29, 1.82) is 0 Å². The highest BCUT2D eigenvalue weighted by Gasteiger charge is 2.21. The molecule has 1 unspecified atom stereocenters. The van der Waals surface area contributed by atoms with E-state index in [9.17, 15) is 9.18 Å². The third-order valence-electron chi connectivity index (χ3n) is 3.03. The topological polar surface area (TPSA) is 43.1 Å². The van der Waals surface area contributed by atoms with E-state index in [1.807, 2.05) is 13.0 Å². The Bertz CT molecular complexity index is 451. The Labute approximate surface area is 115 Å². The Balaban J connectivity index is 2.85. The van der Waals surface area contributed by atoms with E-state index in [0.717, 1.165) is 12.0 Å². The molecule has 2 N–H and O–H groups in total. The Hall–Kier alpha value is -1.22. The molecule has 1 aromatic rings. The van der Waals surface area contributed by atoms with Crippen LogP contribution < -0.4 is 5.73 Å². The number of aryl methyl sites for hydroxylation is 2. The fourth-order valence-corrected chi connectivity index (χ4v) is 2.47. The zero-order chi connectivity index (χ0) is 14.8. The van der Waals surface area contributed by atoms with Crippen LogP contribution in [0.1, 0.15) is 55.1 Å². The first-order valence-electron chi connectivity index (χ1n) is 6.65. The average molecular weight is 265 g/mol. The first-order valence-corrected chi connectivity index (χ1v) is 6.65. The number of benzene rings is 1. The number of halogens is 1. The molecule has 0 saturated heterocycles. The van der Waals surface area contributed by atoms with Gasteiger partial charge in [0, 0.05) is 12.5 Å². The molecule has 0 aliphatic carbocycles. The minimum absolute atomic E-state index is 0.0700. The van der Waals surface area contributed by atoms with Gasteiger partial charge in [-0.1, -0.05) is 26.8 Å². The van der Waals surface area contributed by atoms with Crippen LogP contribution in [-0.4, -0.2) is 11.8 Å². The molecule has 0 saturated carbocycles. The maximum atomic E-state index is 13.9. The van der Waals surface area contributed by atoms with Crippen LogP contribution in [-0.2, 0) is 0 Å². The van der Waals surface area contributed by atoms with Gasteiger partial charge < -0.3 is 5.73 Å². The van der Waals surface area contributed by atoms with E-state index in [2.05, 4.69) is 20.8 Å². The summed E-state index contributed by atoms with van der Waals surface area (Å²) in [6.07, 6.45) is 0.934. The number of ketones is 1. The van der Waals surface area contributed by atoms with E-state index in [-0.39, 0.29) is 29.2 Å². The molecule has 0 spiro atoms. The predicted octanol–water partition coefficient (Wildman–Crippen LogP) is 3.78. The number of carbonyl (C=O) groups is 1. The van der Waals surface area contributed by atoms with Crippen LogP contribution in [0.2, 0.25) is 0 Å². The van der Waals surface area contributed by atoms with Crippen LogP contribution in [0.25, 0.3) is 0 Å². The van der Waals surface area contributed by atoms with Gasteiger partial charge >= 0.3 is 0 Å². The van der Waals surface area contributed by atoms with Crippen molar-refractivity contribution in [2.24, 2.45) is 11.1 Å². The van der Waals surface area contributed by atoms with E-state index < -0.39 is 5.82 Å². The van der Waals surface area contributed by atoms with Gasteiger partial charge in [-0.25, -0.2) is 4.39 Å². The number of hydrogen-bond donors (Lipinski definition) is 1. The SMILES string of the molecule is Cc1cc(C)c(C(=O)CC(N)CC(C)(C)C)c(F)c1. The summed E-state index contributed by atoms with van der Waals surface area (Å²) in [6, 6.07) is 2.99. The van der Waals surface area contributed by atoms with Gasteiger partial charge in [-0.05, 0) is 42.9 Å². The highest BCUT2D eigenvalue weighted by atomic mass is 19.1. The fraction of sp³-hybridized carbons (Fsp3) is 0.562. The molecule has 1 atom stereocenters. The number of rotatable bonds is 4. The molecular formula is C16H24FNO. The van der Waals surface area contributed by atoms with Gasteiger partial charge in [0.15, 0.2) is 5.78 Å². The van der Waals surface area contributed by atoms with Gasteiger partial charge in [-0.2, -0.15) is 0 Å². The lowest BCUT2D eigenvalue weighted by molar-refractivity contribution is 0.0963. The molecule has 0 amide bonds. The van der Waals surface area contributed by atoms with Crippen molar-refractivity contribution in [2.45, 2.75) is 53.5 Å². The van der Waals surface area contributed by atoms with E-state index in [1.165, 1.54) is 6.07 Å². The van der Waals surface area contributed by atoms with Crippen molar-refractivity contribution in [2.75, 3.05) is 0 Å².